The van der Waals surface area contributed by atoms with Gasteiger partial charge in [0, 0.05) is 30.0 Å². The van der Waals surface area contributed by atoms with Crippen LogP contribution in [0.4, 0.5) is 5.13 Å². The van der Waals surface area contributed by atoms with E-state index in [0.29, 0.717) is 29.7 Å². The van der Waals surface area contributed by atoms with Crippen LogP contribution in [0.3, 0.4) is 0 Å². The van der Waals surface area contributed by atoms with Crippen molar-refractivity contribution in [1.29, 1.82) is 0 Å². The highest BCUT2D eigenvalue weighted by atomic mass is 32.2. The molecule has 2 aliphatic rings. The van der Waals surface area contributed by atoms with Crippen LogP contribution in [0.1, 0.15) is 54.1 Å². The highest BCUT2D eigenvalue weighted by molar-refractivity contribution is 7.89. The second-order valence-corrected chi connectivity index (χ2v) is 9.59. The fraction of sp³-hybridized carbons (Fsp3) is 0.444. The number of nitrogens with one attached hydrogen (secondary N) is 1. The predicted molar refractivity (Wildman–Crippen MR) is 101 cm³/mol. The van der Waals surface area contributed by atoms with Crippen LogP contribution in [-0.4, -0.2) is 36.7 Å². The molecule has 2 fully saturated rings. The number of nitrogens with zero attached hydrogens (tertiary/aromatic N) is 2. The highest BCUT2D eigenvalue weighted by Crippen LogP contribution is 2.40. The van der Waals surface area contributed by atoms with E-state index in [0.717, 1.165) is 37.8 Å². The third-order valence-electron chi connectivity index (χ3n) is 4.79. The molecule has 0 bridgehead atoms. The Morgan fingerprint density at radius 3 is 2.69 bits per heavy atom. The van der Waals surface area contributed by atoms with Crippen LogP contribution in [-0.2, 0) is 10.0 Å². The van der Waals surface area contributed by atoms with E-state index in [1.165, 1.54) is 21.7 Å². The predicted octanol–water partition coefficient (Wildman–Crippen LogP) is 3.45. The number of benzene rings is 1. The minimum absolute atomic E-state index is 0.171. The van der Waals surface area contributed by atoms with Gasteiger partial charge in [0.1, 0.15) is 0 Å². The average Bonchev–Trinajstić information content (AvgIpc) is 3.42. The van der Waals surface area contributed by atoms with Crippen molar-refractivity contribution in [3.63, 3.8) is 0 Å². The summed E-state index contributed by atoms with van der Waals surface area (Å²) < 4.78 is 27.1. The second-order valence-electron chi connectivity index (χ2n) is 6.80. The van der Waals surface area contributed by atoms with E-state index in [1.54, 1.807) is 18.2 Å². The van der Waals surface area contributed by atoms with Crippen LogP contribution in [0.2, 0.25) is 0 Å². The van der Waals surface area contributed by atoms with Crippen LogP contribution < -0.4 is 5.32 Å². The van der Waals surface area contributed by atoms with Gasteiger partial charge in [-0.3, -0.25) is 10.1 Å². The average molecular weight is 392 g/mol. The van der Waals surface area contributed by atoms with Gasteiger partial charge in [-0.25, -0.2) is 13.4 Å². The van der Waals surface area contributed by atoms with Gasteiger partial charge in [-0.05, 0) is 43.9 Å². The minimum Gasteiger partial charge on any atom is -0.298 e. The lowest BCUT2D eigenvalue weighted by Gasteiger charge is -2.26. The molecule has 138 valence electrons. The van der Waals surface area contributed by atoms with E-state index in [2.05, 4.69) is 10.3 Å². The number of sulfonamides is 1. The summed E-state index contributed by atoms with van der Waals surface area (Å²) in [6.45, 7) is 1.09. The monoisotopic (exact) mass is 391 g/mol. The smallest absolute Gasteiger partial charge is 0.257 e. The molecule has 2 heterocycles. The van der Waals surface area contributed by atoms with Crippen molar-refractivity contribution in [3.8, 4) is 0 Å². The van der Waals surface area contributed by atoms with Crippen LogP contribution in [0, 0.1) is 0 Å². The number of hydrogen-bond acceptors (Lipinski definition) is 5. The Morgan fingerprint density at radius 1 is 1.19 bits per heavy atom. The third-order valence-corrected chi connectivity index (χ3v) is 7.46. The quantitative estimate of drug-likeness (QED) is 0.847. The molecule has 1 saturated carbocycles. The molecule has 6 nitrogen and oxygen atoms in total. The van der Waals surface area contributed by atoms with Crippen LogP contribution in [0.25, 0.3) is 0 Å². The Labute approximate surface area is 157 Å². The highest BCUT2D eigenvalue weighted by Gasteiger charge is 2.27. The van der Waals surface area contributed by atoms with Crippen molar-refractivity contribution in [2.24, 2.45) is 0 Å². The Kier molecular flexibility index (Phi) is 4.81. The van der Waals surface area contributed by atoms with Gasteiger partial charge in [0.15, 0.2) is 5.13 Å². The van der Waals surface area contributed by atoms with Gasteiger partial charge in [0.25, 0.3) is 5.91 Å². The fourth-order valence-corrected chi connectivity index (χ4v) is 5.48. The number of carbonyl (C=O) groups is 1. The lowest BCUT2D eigenvalue weighted by Crippen LogP contribution is -2.35. The van der Waals surface area contributed by atoms with Crippen LogP contribution in [0.15, 0.2) is 34.5 Å². The zero-order chi connectivity index (χ0) is 18.1. The molecule has 1 aliphatic carbocycles. The molecule has 4 rings (SSSR count). The number of anilines is 1. The van der Waals surface area contributed by atoms with Crippen molar-refractivity contribution in [1.82, 2.24) is 9.29 Å². The Balaban J connectivity index is 1.51. The van der Waals surface area contributed by atoms with Crippen molar-refractivity contribution in [3.05, 3.63) is 40.9 Å². The summed E-state index contributed by atoms with van der Waals surface area (Å²) in [5, 5.41) is 5.31. The van der Waals surface area contributed by atoms with E-state index >= 15 is 0 Å². The topological polar surface area (TPSA) is 79.4 Å². The fourth-order valence-electron chi connectivity index (χ4n) is 3.13. The Hall–Kier alpha value is -1.77. The largest absolute Gasteiger partial charge is 0.298 e. The number of rotatable bonds is 5. The molecule has 0 atom stereocenters. The lowest BCUT2D eigenvalue weighted by molar-refractivity contribution is 0.102. The molecule has 8 heteroatoms. The Bertz CT molecular complexity index is 913. The van der Waals surface area contributed by atoms with Crippen LogP contribution in [0.5, 0.6) is 0 Å². The van der Waals surface area contributed by atoms with E-state index in [1.807, 2.05) is 5.38 Å². The van der Waals surface area contributed by atoms with Crippen molar-refractivity contribution in [2.75, 3.05) is 18.4 Å². The SMILES string of the molecule is O=C(Nc1nc(C2CC2)cs1)c1cccc(S(=O)(=O)N2CCCCC2)c1. The van der Waals surface area contributed by atoms with Gasteiger partial charge in [0.2, 0.25) is 10.0 Å². The van der Waals surface area contributed by atoms with Crippen molar-refractivity contribution >= 4 is 32.4 Å². The standard InChI is InChI=1S/C18H21N3O3S2/c22-17(20-18-19-16(12-25-18)13-7-8-13)14-5-4-6-15(11-14)26(23,24)21-9-2-1-3-10-21/h4-6,11-13H,1-3,7-10H2,(H,19,20,22). The second kappa shape index (κ2) is 7.09. The molecule has 0 radical (unpaired) electrons. The molecule has 1 amide bonds. The molecule has 0 unspecified atom stereocenters. The molecule has 26 heavy (non-hydrogen) atoms. The van der Waals surface area contributed by atoms with Gasteiger partial charge < -0.3 is 0 Å². The van der Waals surface area contributed by atoms with E-state index in [4.69, 9.17) is 0 Å². The number of carbonyl (C=O) groups excluding carboxylic acids is 1. The normalized spacial score (nSPS) is 18.6. The first-order valence-electron chi connectivity index (χ1n) is 8.91. The van der Waals surface area contributed by atoms with Gasteiger partial charge in [0.05, 0.1) is 10.6 Å². The van der Waals surface area contributed by atoms with Crippen LogP contribution >= 0.6 is 11.3 Å². The van der Waals surface area contributed by atoms with Gasteiger partial charge >= 0.3 is 0 Å². The molecule has 1 aromatic heterocycles. The van der Waals surface area contributed by atoms with E-state index in [-0.39, 0.29) is 10.8 Å². The molecule has 1 aromatic carbocycles. The molecule has 1 saturated heterocycles. The first-order chi connectivity index (χ1) is 12.5. The number of thiazole rings is 1. The lowest BCUT2D eigenvalue weighted by atomic mass is 10.2. The molecule has 1 aliphatic heterocycles. The molecule has 0 spiro atoms. The molecule has 2 aromatic rings. The number of amides is 1. The maximum atomic E-state index is 12.8. The van der Waals surface area contributed by atoms with Crippen molar-refractivity contribution in [2.45, 2.75) is 42.9 Å². The summed E-state index contributed by atoms with van der Waals surface area (Å²) in [7, 11) is -3.55. The maximum absolute atomic E-state index is 12.8. The number of aromatic nitrogens is 1. The van der Waals surface area contributed by atoms with E-state index in [9.17, 15) is 13.2 Å². The zero-order valence-corrected chi connectivity index (χ0v) is 16.0. The minimum atomic E-state index is -3.55. The molecule has 1 N–H and O–H groups in total. The van der Waals surface area contributed by atoms with Gasteiger partial charge in [-0.2, -0.15) is 4.31 Å². The molecular formula is C18H21N3O3S2. The van der Waals surface area contributed by atoms with Gasteiger partial charge in [-0.1, -0.05) is 12.5 Å². The summed E-state index contributed by atoms with van der Waals surface area (Å²) in [6, 6.07) is 6.24. The summed E-state index contributed by atoms with van der Waals surface area (Å²) in [5.41, 5.74) is 1.36. The Morgan fingerprint density at radius 2 is 1.96 bits per heavy atom. The summed E-state index contributed by atoms with van der Waals surface area (Å²) in [4.78, 5) is 17.1. The van der Waals surface area contributed by atoms with Crippen molar-refractivity contribution < 1.29 is 13.2 Å². The maximum Gasteiger partial charge on any atom is 0.257 e. The summed E-state index contributed by atoms with van der Waals surface area (Å²) >= 11 is 1.40. The number of piperidine rings is 1. The van der Waals surface area contributed by atoms with Gasteiger partial charge in [-0.15, -0.1) is 11.3 Å². The first-order valence-corrected chi connectivity index (χ1v) is 11.2. The number of hydrogen-bond donors (Lipinski definition) is 1. The summed E-state index contributed by atoms with van der Waals surface area (Å²) in [6.07, 6.45) is 5.14. The summed E-state index contributed by atoms with van der Waals surface area (Å²) in [5.74, 6) is 0.201. The third kappa shape index (κ3) is 3.67. The molecular weight excluding hydrogens is 370 g/mol. The first kappa shape index (κ1) is 17.6. The zero-order valence-electron chi connectivity index (χ0n) is 14.3. The van der Waals surface area contributed by atoms with E-state index < -0.39 is 10.0 Å².